The predicted octanol–water partition coefficient (Wildman–Crippen LogP) is 1.17. The first-order chi connectivity index (χ1) is 13.8. The van der Waals surface area contributed by atoms with Crippen LogP contribution in [0.1, 0.15) is 12.5 Å². The number of hydrogen-bond acceptors (Lipinski definition) is 7. The first-order valence-electron chi connectivity index (χ1n) is 8.72. The van der Waals surface area contributed by atoms with Crippen LogP contribution in [0.25, 0.3) is 11.2 Å². The van der Waals surface area contributed by atoms with E-state index in [-0.39, 0.29) is 22.9 Å². The van der Waals surface area contributed by atoms with Crippen LogP contribution >= 0.6 is 0 Å². The van der Waals surface area contributed by atoms with E-state index in [1.54, 1.807) is 29.8 Å². The van der Waals surface area contributed by atoms with Crippen molar-refractivity contribution in [3.05, 3.63) is 56.8 Å². The number of anilines is 1. The van der Waals surface area contributed by atoms with Crippen molar-refractivity contribution in [3.63, 3.8) is 0 Å². The molecule has 2 N–H and O–H groups in total. The molecule has 29 heavy (non-hydrogen) atoms. The lowest BCUT2D eigenvalue weighted by atomic mass is 10.2. The zero-order chi connectivity index (χ0) is 21.3. The van der Waals surface area contributed by atoms with Gasteiger partial charge in [0.15, 0.2) is 22.7 Å². The Hall–Kier alpha value is -3.82. The SMILES string of the molecule is C=C(C)Cn1c(N/N=C/c2cccc(OC)c2O)nc2c1c(=O)n(C)c(=O)n2C. The maximum Gasteiger partial charge on any atom is 0.332 e. The molecule has 0 amide bonds. The molecule has 0 saturated carbocycles. The molecule has 0 fully saturated rings. The number of phenols is 1. The Morgan fingerprint density at radius 1 is 1.34 bits per heavy atom. The predicted molar refractivity (Wildman–Crippen MR) is 111 cm³/mol. The largest absolute Gasteiger partial charge is 0.504 e. The molecule has 152 valence electrons. The average molecular weight is 398 g/mol. The third-order valence-corrected chi connectivity index (χ3v) is 4.39. The molecule has 0 radical (unpaired) electrons. The van der Waals surface area contributed by atoms with Crippen molar-refractivity contribution < 1.29 is 9.84 Å². The summed E-state index contributed by atoms with van der Waals surface area (Å²) in [5.41, 5.74) is 3.57. The second-order valence-corrected chi connectivity index (χ2v) is 6.62. The number of methoxy groups -OCH3 is 1. The summed E-state index contributed by atoms with van der Waals surface area (Å²) in [5, 5.41) is 14.3. The van der Waals surface area contributed by atoms with E-state index in [1.807, 2.05) is 6.92 Å². The highest BCUT2D eigenvalue weighted by Crippen LogP contribution is 2.28. The third kappa shape index (κ3) is 3.51. The first kappa shape index (κ1) is 19.9. The van der Waals surface area contributed by atoms with E-state index in [0.717, 1.165) is 10.1 Å². The summed E-state index contributed by atoms with van der Waals surface area (Å²) in [5.74, 6) is 0.536. The Morgan fingerprint density at radius 2 is 2.07 bits per heavy atom. The summed E-state index contributed by atoms with van der Waals surface area (Å²) in [6.45, 7) is 6.02. The van der Waals surface area contributed by atoms with E-state index >= 15 is 0 Å². The monoisotopic (exact) mass is 398 g/mol. The molecule has 0 atom stereocenters. The Kier molecular flexibility index (Phi) is 5.26. The first-order valence-corrected chi connectivity index (χ1v) is 8.72. The molecular weight excluding hydrogens is 376 g/mol. The molecule has 3 rings (SSSR count). The number of nitrogens with one attached hydrogen (secondary N) is 1. The summed E-state index contributed by atoms with van der Waals surface area (Å²) in [6, 6.07) is 5.01. The molecule has 0 spiro atoms. The zero-order valence-corrected chi connectivity index (χ0v) is 16.6. The van der Waals surface area contributed by atoms with Gasteiger partial charge in [-0.3, -0.25) is 18.5 Å². The van der Waals surface area contributed by atoms with Crippen LogP contribution in [0.4, 0.5) is 5.95 Å². The van der Waals surface area contributed by atoms with E-state index in [4.69, 9.17) is 4.74 Å². The second kappa shape index (κ2) is 7.66. The van der Waals surface area contributed by atoms with E-state index < -0.39 is 11.2 Å². The highest BCUT2D eigenvalue weighted by molar-refractivity contribution is 5.85. The molecule has 10 heteroatoms. The van der Waals surface area contributed by atoms with Crippen molar-refractivity contribution in [1.29, 1.82) is 0 Å². The standard InChI is InChI=1S/C19H22N6O4/c1-11(2)10-25-14-16(23(3)19(28)24(4)17(14)27)21-18(25)22-20-9-12-7-6-8-13(29-5)15(12)26/h6-9,26H,1,10H2,2-5H3,(H,21,22)/b20-9+. The molecule has 3 aromatic rings. The fourth-order valence-corrected chi connectivity index (χ4v) is 2.92. The topological polar surface area (TPSA) is 116 Å². The molecule has 0 saturated heterocycles. The summed E-state index contributed by atoms with van der Waals surface area (Å²) in [4.78, 5) is 29.3. The fraction of sp³-hybridized carbons (Fsp3) is 0.263. The number of rotatable bonds is 6. The van der Waals surface area contributed by atoms with E-state index in [1.165, 1.54) is 24.9 Å². The lowest BCUT2D eigenvalue weighted by Crippen LogP contribution is -2.37. The number of hydrazone groups is 1. The lowest BCUT2D eigenvalue weighted by molar-refractivity contribution is 0.373. The van der Waals surface area contributed by atoms with Crippen molar-refractivity contribution in [1.82, 2.24) is 18.7 Å². The molecule has 2 heterocycles. The number of ether oxygens (including phenoxy) is 1. The van der Waals surface area contributed by atoms with Gasteiger partial charge in [-0.1, -0.05) is 18.2 Å². The molecular formula is C19H22N6O4. The number of nitrogens with zero attached hydrogens (tertiary/aromatic N) is 5. The minimum Gasteiger partial charge on any atom is -0.504 e. The highest BCUT2D eigenvalue weighted by Gasteiger charge is 2.19. The van der Waals surface area contributed by atoms with E-state index in [2.05, 4.69) is 22.1 Å². The van der Waals surface area contributed by atoms with Gasteiger partial charge in [0, 0.05) is 26.2 Å². The molecule has 10 nitrogen and oxygen atoms in total. The molecule has 0 unspecified atom stereocenters. The molecule has 1 aromatic carbocycles. The van der Waals surface area contributed by atoms with Gasteiger partial charge in [-0.25, -0.2) is 10.2 Å². The number of benzene rings is 1. The van der Waals surface area contributed by atoms with Gasteiger partial charge in [0.25, 0.3) is 5.56 Å². The number of hydrogen-bond donors (Lipinski definition) is 2. The van der Waals surface area contributed by atoms with Gasteiger partial charge < -0.3 is 9.84 Å². The number of imidazole rings is 1. The summed E-state index contributed by atoms with van der Waals surface area (Å²) in [7, 11) is 4.42. The van der Waals surface area contributed by atoms with Crippen LogP contribution in [0, 0.1) is 0 Å². The quantitative estimate of drug-likeness (QED) is 0.366. The second-order valence-electron chi connectivity index (χ2n) is 6.62. The molecule has 2 aromatic heterocycles. The van der Waals surface area contributed by atoms with Crippen LogP contribution < -0.4 is 21.4 Å². The number of allylic oxidation sites excluding steroid dienone is 1. The Balaban J connectivity index is 2.09. The van der Waals surface area contributed by atoms with E-state index in [9.17, 15) is 14.7 Å². The highest BCUT2D eigenvalue weighted by atomic mass is 16.5. The Labute approximate surface area is 166 Å². The minimum absolute atomic E-state index is 0.0488. The lowest BCUT2D eigenvalue weighted by Gasteiger charge is -2.09. The van der Waals surface area contributed by atoms with Crippen LogP contribution in [0.5, 0.6) is 11.5 Å². The molecule has 0 aliphatic heterocycles. The maximum absolute atomic E-state index is 12.7. The summed E-state index contributed by atoms with van der Waals surface area (Å²) in [6.07, 6.45) is 1.40. The van der Waals surface area contributed by atoms with Crippen LogP contribution in [-0.2, 0) is 20.6 Å². The van der Waals surface area contributed by atoms with E-state index in [0.29, 0.717) is 17.9 Å². The maximum atomic E-state index is 12.7. The van der Waals surface area contributed by atoms with Crippen LogP contribution in [-0.4, -0.2) is 37.1 Å². The van der Waals surface area contributed by atoms with Gasteiger partial charge in [-0.15, -0.1) is 0 Å². The Bertz CT molecular complexity index is 1250. The van der Waals surface area contributed by atoms with Gasteiger partial charge in [0.1, 0.15) is 0 Å². The number of fused-ring (bicyclic) bond motifs is 1. The van der Waals surface area contributed by atoms with Gasteiger partial charge in [0.05, 0.1) is 13.3 Å². The summed E-state index contributed by atoms with van der Waals surface area (Å²) >= 11 is 0. The molecule has 0 aliphatic rings. The van der Waals surface area contributed by atoms with Crippen molar-refractivity contribution in [2.75, 3.05) is 12.5 Å². The van der Waals surface area contributed by atoms with Crippen molar-refractivity contribution in [2.45, 2.75) is 13.5 Å². The van der Waals surface area contributed by atoms with Crippen LogP contribution in [0.15, 0.2) is 45.0 Å². The van der Waals surface area contributed by atoms with Gasteiger partial charge >= 0.3 is 5.69 Å². The third-order valence-electron chi connectivity index (χ3n) is 4.39. The smallest absolute Gasteiger partial charge is 0.332 e. The van der Waals surface area contributed by atoms with Gasteiger partial charge in [-0.05, 0) is 19.1 Å². The Morgan fingerprint density at radius 3 is 2.72 bits per heavy atom. The number of phenolic OH excluding ortho intramolecular Hbond substituents is 1. The van der Waals surface area contributed by atoms with Crippen molar-refractivity contribution >= 4 is 23.3 Å². The van der Waals surface area contributed by atoms with Gasteiger partial charge in [0.2, 0.25) is 5.95 Å². The molecule has 0 aliphatic carbocycles. The number of para-hydroxylation sites is 1. The van der Waals surface area contributed by atoms with Gasteiger partial charge in [-0.2, -0.15) is 10.1 Å². The van der Waals surface area contributed by atoms with Crippen LogP contribution in [0.3, 0.4) is 0 Å². The number of aromatic nitrogens is 4. The number of aromatic hydroxyl groups is 1. The van der Waals surface area contributed by atoms with Crippen molar-refractivity contribution in [2.24, 2.45) is 19.2 Å². The summed E-state index contributed by atoms with van der Waals surface area (Å²) < 4.78 is 9.02. The number of aryl methyl sites for hydroxylation is 1. The van der Waals surface area contributed by atoms with Crippen LogP contribution in [0.2, 0.25) is 0 Å². The van der Waals surface area contributed by atoms with Crippen molar-refractivity contribution in [3.8, 4) is 11.5 Å². The normalized spacial score (nSPS) is 11.3. The molecule has 0 bridgehead atoms. The zero-order valence-electron chi connectivity index (χ0n) is 16.6. The fourth-order valence-electron chi connectivity index (χ4n) is 2.92. The average Bonchev–Trinajstić information content (AvgIpc) is 3.03. The minimum atomic E-state index is -0.473.